The number of phenolic OH excluding ortho intramolecular Hbond substituents is 1. The van der Waals surface area contributed by atoms with Crippen molar-refractivity contribution in [1.82, 2.24) is 4.90 Å². The smallest absolute Gasteiger partial charge is 0.352 e. The highest BCUT2D eigenvalue weighted by Gasteiger charge is 2.72. The fourth-order valence-electron chi connectivity index (χ4n) is 6.06. The van der Waals surface area contributed by atoms with E-state index >= 15 is 0 Å². The Morgan fingerprint density at radius 3 is 2.79 bits per heavy atom. The van der Waals surface area contributed by atoms with Crippen molar-refractivity contribution in [3.63, 3.8) is 0 Å². The summed E-state index contributed by atoms with van der Waals surface area (Å²) in [4.78, 5) is 26.6. The molecule has 1 fully saturated rings. The van der Waals surface area contributed by atoms with Crippen LogP contribution in [0.1, 0.15) is 37.3 Å². The summed E-state index contributed by atoms with van der Waals surface area (Å²) in [5.74, 6) is -0.685. The molecular formula is C23H30Cl2N2O7. The van der Waals surface area contributed by atoms with E-state index in [2.05, 4.69) is 4.90 Å². The molecule has 5 rings (SSSR count). The lowest BCUT2D eigenvalue weighted by atomic mass is 9.50. The van der Waals surface area contributed by atoms with Crippen molar-refractivity contribution in [3.8, 4) is 11.5 Å². The molecule has 2 heterocycles. The monoisotopic (exact) mass is 516 g/mol. The number of likely N-dealkylation sites (N-methyl/N-ethyl adjacent to an activating group) is 1. The summed E-state index contributed by atoms with van der Waals surface area (Å²) in [7, 11) is 2.00. The van der Waals surface area contributed by atoms with E-state index in [0.29, 0.717) is 18.6 Å². The Balaban J connectivity index is 0.00000162. The predicted molar refractivity (Wildman–Crippen MR) is 126 cm³/mol. The number of carbonyl (C=O) groups excluding carboxylic acids is 2. The molecule has 1 spiro atoms. The molecule has 1 aromatic rings. The lowest BCUT2D eigenvalue weighted by Gasteiger charge is -2.61. The predicted octanol–water partition coefficient (Wildman–Crippen LogP) is 1.34. The maximum atomic E-state index is 12.7. The molecule has 11 heteroatoms. The van der Waals surface area contributed by atoms with Crippen LogP contribution in [-0.4, -0.2) is 71.0 Å². The van der Waals surface area contributed by atoms with Gasteiger partial charge in [-0.3, -0.25) is 4.79 Å². The maximum absolute atomic E-state index is 12.7. The van der Waals surface area contributed by atoms with Gasteiger partial charge in [0, 0.05) is 24.6 Å². The Hall–Kier alpha value is -2.04. The molecule has 0 radical (unpaired) electrons. The number of hydrogen-bond acceptors (Lipinski definition) is 9. The molecule has 188 valence electrons. The number of likely N-dealkylation sites (tertiary alicyclic amines) is 1. The minimum Gasteiger partial charge on any atom is -0.504 e. The van der Waals surface area contributed by atoms with Crippen LogP contribution < -0.4 is 10.5 Å². The third kappa shape index (κ3) is 3.48. The molecule has 0 unspecified atom stereocenters. The minimum atomic E-state index is -1.13. The zero-order valence-corrected chi connectivity index (χ0v) is 20.6. The third-order valence-electron chi connectivity index (χ3n) is 7.56. The van der Waals surface area contributed by atoms with E-state index in [1.54, 1.807) is 12.1 Å². The van der Waals surface area contributed by atoms with Gasteiger partial charge in [0.25, 0.3) is 0 Å². The van der Waals surface area contributed by atoms with Crippen LogP contribution in [0.3, 0.4) is 0 Å². The van der Waals surface area contributed by atoms with Crippen molar-refractivity contribution < 1.29 is 34.0 Å². The molecule has 0 aromatic heterocycles. The second-order valence-electron chi connectivity index (χ2n) is 9.19. The first-order valence-corrected chi connectivity index (χ1v) is 11.0. The number of phenols is 1. The number of rotatable bonds is 5. The van der Waals surface area contributed by atoms with Crippen LogP contribution in [0, 0.1) is 0 Å². The fourth-order valence-corrected chi connectivity index (χ4v) is 6.06. The van der Waals surface area contributed by atoms with Crippen LogP contribution in [-0.2, 0) is 30.9 Å². The SMILES string of the molecule is C[C@H](OC(=O)CCN)C(=O)OC1=CC[C@@]2(O)[C@@H]3Cc4ccc(O)c5c4[C@@]2(CCN3C)[C@H]1O5.Cl.Cl. The number of esters is 2. The van der Waals surface area contributed by atoms with Crippen molar-refractivity contribution in [3.05, 3.63) is 35.1 Å². The zero-order chi connectivity index (χ0) is 22.8. The number of nitrogens with zero attached hydrogens (tertiary/aromatic N) is 1. The van der Waals surface area contributed by atoms with E-state index in [-0.39, 0.29) is 61.8 Å². The van der Waals surface area contributed by atoms with Crippen molar-refractivity contribution >= 4 is 36.8 Å². The normalized spacial score (nSPS) is 31.0. The van der Waals surface area contributed by atoms with Gasteiger partial charge in [-0.1, -0.05) is 6.07 Å². The van der Waals surface area contributed by atoms with Crippen LogP contribution in [0.2, 0.25) is 0 Å². The van der Waals surface area contributed by atoms with Crippen LogP contribution in [0.15, 0.2) is 24.0 Å². The maximum Gasteiger partial charge on any atom is 0.352 e. The molecule has 5 atom stereocenters. The van der Waals surface area contributed by atoms with Crippen LogP contribution in [0.25, 0.3) is 0 Å². The Morgan fingerprint density at radius 2 is 2.09 bits per heavy atom. The number of piperidine rings is 1. The average molecular weight is 517 g/mol. The van der Waals surface area contributed by atoms with Gasteiger partial charge in [0.15, 0.2) is 23.7 Å². The molecule has 34 heavy (non-hydrogen) atoms. The van der Waals surface area contributed by atoms with Gasteiger partial charge >= 0.3 is 11.9 Å². The van der Waals surface area contributed by atoms with E-state index in [9.17, 15) is 19.8 Å². The highest BCUT2D eigenvalue weighted by Crippen LogP contribution is 2.65. The Kier molecular flexibility index (Phi) is 7.19. The molecule has 0 amide bonds. The number of hydrogen-bond donors (Lipinski definition) is 3. The highest BCUT2D eigenvalue weighted by molar-refractivity contribution is 5.85. The molecule has 2 aliphatic carbocycles. The number of halogens is 2. The van der Waals surface area contributed by atoms with Gasteiger partial charge in [0.2, 0.25) is 0 Å². The zero-order valence-electron chi connectivity index (χ0n) is 19.0. The molecule has 4 aliphatic rings. The molecule has 9 nitrogen and oxygen atoms in total. The van der Waals surface area contributed by atoms with Crippen molar-refractivity contribution in [2.24, 2.45) is 5.73 Å². The molecule has 4 N–H and O–H groups in total. The van der Waals surface area contributed by atoms with Gasteiger partial charge in [0.1, 0.15) is 5.76 Å². The number of ether oxygens (including phenoxy) is 3. The highest BCUT2D eigenvalue weighted by atomic mass is 35.5. The summed E-state index contributed by atoms with van der Waals surface area (Å²) >= 11 is 0. The fraction of sp³-hybridized carbons (Fsp3) is 0.565. The van der Waals surface area contributed by atoms with Gasteiger partial charge < -0.3 is 35.1 Å². The lowest BCUT2D eigenvalue weighted by Crippen LogP contribution is -2.74. The van der Waals surface area contributed by atoms with Gasteiger partial charge in [-0.2, -0.15) is 0 Å². The van der Waals surface area contributed by atoms with E-state index in [1.807, 2.05) is 13.1 Å². The number of nitrogens with two attached hydrogens (primary N) is 1. The second kappa shape index (κ2) is 9.20. The summed E-state index contributed by atoms with van der Waals surface area (Å²) < 4.78 is 17.0. The number of aliphatic hydroxyl groups is 1. The average Bonchev–Trinajstić information content (AvgIpc) is 3.10. The van der Waals surface area contributed by atoms with Gasteiger partial charge in [-0.25, -0.2) is 4.79 Å². The number of benzene rings is 1. The number of aromatic hydroxyl groups is 1. The molecule has 2 aliphatic heterocycles. The Morgan fingerprint density at radius 1 is 1.35 bits per heavy atom. The van der Waals surface area contributed by atoms with E-state index < -0.39 is 35.2 Å². The van der Waals surface area contributed by atoms with E-state index in [0.717, 1.165) is 17.7 Å². The summed E-state index contributed by atoms with van der Waals surface area (Å²) in [6.45, 7) is 2.30. The van der Waals surface area contributed by atoms with Crippen molar-refractivity contribution in [2.45, 2.75) is 61.9 Å². The summed E-state index contributed by atoms with van der Waals surface area (Å²) in [6.07, 6.45) is 1.32. The number of carbonyl (C=O) groups is 2. The Labute approximate surface area is 210 Å². The van der Waals surface area contributed by atoms with E-state index in [1.165, 1.54) is 6.92 Å². The first kappa shape index (κ1) is 26.6. The van der Waals surface area contributed by atoms with Crippen molar-refractivity contribution in [2.75, 3.05) is 20.1 Å². The summed E-state index contributed by atoms with van der Waals surface area (Å²) in [5, 5.41) is 22.6. The molecule has 1 saturated heterocycles. The Bertz CT molecular complexity index is 1030. The molecule has 1 aromatic carbocycles. The van der Waals surface area contributed by atoms with Crippen molar-refractivity contribution in [1.29, 1.82) is 0 Å². The summed E-state index contributed by atoms with van der Waals surface area (Å²) in [5.41, 5.74) is 5.23. The quantitative estimate of drug-likeness (QED) is 0.495. The standard InChI is InChI=1S/C23H28N2O7.2ClH/c1-12(30-17(27)6-9-24)21(28)31-15-5-7-23(29)16-11-13-3-4-14(26)19-18(13)22(23,20(15)32-19)8-10-25(16)2;;/h3-5,12,16,20,26,29H,6-11,24H2,1-2H3;2*1H/t12-,16-,20-,22-,23+;;/m0../s1. The van der Waals surface area contributed by atoms with Crippen LogP contribution >= 0.6 is 24.8 Å². The second-order valence-corrected chi connectivity index (χ2v) is 9.19. The topological polar surface area (TPSA) is 132 Å². The lowest BCUT2D eigenvalue weighted by molar-refractivity contribution is -0.175. The van der Waals surface area contributed by atoms with Crippen LogP contribution in [0.4, 0.5) is 0 Å². The van der Waals surface area contributed by atoms with E-state index in [4.69, 9.17) is 19.9 Å². The first-order chi connectivity index (χ1) is 15.2. The molecule has 0 saturated carbocycles. The van der Waals surface area contributed by atoms with Gasteiger partial charge in [-0.15, -0.1) is 24.8 Å². The van der Waals surface area contributed by atoms with Crippen LogP contribution in [0.5, 0.6) is 11.5 Å². The molecular weight excluding hydrogens is 487 g/mol. The third-order valence-corrected chi connectivity index (χ3v) is 7.56. The first-order valence-electron chi connectivity index (χ1n) is 11.0. The van der Waals surface area contributed by atoms with Gasteiger partial charge in [0.05, 0.1) is 17.4 Å². The largest absolute Gasteiger partial charge is 0.504 e. The summed E-state index contributed by atoms with van der Waals surface area (Å²) in [6, 6.07) is 3.36. The molecule has 2 bridgehead atoms. The minimum absolute atomic E-state index is 0. The van der Waals surface area contributed by atoms with Gasteiger partial charge in [-0.05, 0) is 51.1 Å².